The number of likely N-dealkylation sites (tertiary alicyclic amines) is 1. The van der Waals surface area contributed by atoms with Gasteiger partial charge in [-0.05, 0) is 61.9 Å². The third-order valence-corrected chi connectivity index (χ3v) is 7.31. The zero-order valence-corrected chi connectivity index (χ0v) is 18.3. The first kappa shape index (κ1) is 20.1. The van der Waals surface area contributed by atoms with E-state index in [1.54, 1.807) is 40.8 Å². The molecule has 160 valence electrons. The lowest BCUT2D eigenvalue weighted by molar-refractivity contribution is 0.0730. The van der Waals surface area contributed by atoms with Gasteiger partial charge in [0.15, 0.2) is 0 Å². The number of carbonyl (C=O) groups is 1. The molecule has 0 saturated carbocycles. The van der Waals surface area contributed by atoms with Crippen LogP contribution in [0.5, 0.6) is 0 Å². The molecule has 0 aromatic carbocycles. The van der Waals surface area contributed by atoms with Gasteiger partial charge in [0.05, 0.1) is 18.3 Å². The van der Waals surface area contributed by atoms with Crippen LogP contribution in [-0.2, 0) is 19.5 Å². The third kappa shape index (κ3) is 3.93. The number of hydrogen-bond acceptors (Lipinski definition) is 6. The summed E-state index contributed by atoms with van der Waals surface area (Å²) in [5, 5.41) is 2.13. The Labute approximate surface area is 184 Å². The molecule has 0 bridgehead atoms. The van der Waals surface area contributed by atoms with Crippen LogP contribution in [0.1, 0.15) is 56.8 Å². The second-order valence-electron chi connectivity index (χ2n) is 8.24. The smallest absolute Gasteiger partial charge is 0.254 e. The number of hydrogen-bond donors (Lipinski definition) is 1. The van der Waals surface area contributed by atoms with Gasteiger partial charge >= 0.3 is 0 Å². The molecule has 31 heavy (non-hydrogen) atoms. The van der Waals surface area contributed by atoms with Crippen LogP contribution in [0.3, 0.4) is 0 Å². The van der Waals surface area contributed by atoms with Gasteiger partial charge in [-0.15, -0.1) is 11.3 Å². The molecule has 1 amide bonds. The van der Waals surface area contributed by atoms with Crippen molar-refractivity contribution in [2.45, 2.75) is 45.3 Å². The number of thiophene rings is 1. The van der Waals surface area contributed by atoms with Crippen molar-refractivity contribution >= 4 is 17.2 Å². The minimum absolute atomic E-state index is 0.0488. The van der Waals surface area contributed by atoms with Gasteiger partial charge < -0.3 is 9.88 Å². The molecule has 1 fully saturated rings. The second kappa shape index (κ2) is 8.36. The summed E-state index contributed by atoms with van der Waals surface area (Å²) in [6.45, 7) is 4.90. The summed E-state index contributed by atoms with van der Waals surface area (Å²) in [5.74, 6) is 0.681. The van der Waals surface area contributed by atoms with Crippen LogP contribution in [0.4, 0.5) is 0 Å². The molecule has 1 saturated heterocycles. The summed E-state index contributed by atoms with van der Waals surface area (Å²) >= 11 is 1.78. The molecular formula is C23H25N5O2S. The molecule has 0 unspecified atom stereocenters. The van der Waals surface area contributed by atoms with Crippen molar-refractivity contribution in [1.29, 1.82) is 0 Å². The van der Waals surface area contributed by atoms with Crippen LogP contribution >= 0.6 is 11.3 Å². The highest BCUT2D eigenvalue weighted by Crippen LogP contribution is 2.33. The fraction of sp³-hybridized carbons (Fsp3) is 0.391. The Bertz CT molecular complexity index is 1160. The van der Waals surface area contributed by atoms with E-state index in [1.165, 1.54) is 10.4 Å². The predicted molar refractivity (Wildman–Crippen MR) is 119 cm³/mol. The van der Waals surface area contributed by atoms with Crippen molar-refractivity contribution in [3.05, 3.63) is 79.4 Å². The first-order valence-electron chi connectivity index (χ1n) is 10.7. The average molecular weight is 436 g/mol. The molecule has 0 radical (unpaired) electrons. The van der Waals surface area contributed by atoms with Crippen molar-refractivity contribution in [2.24, 2.45) is 0 Å². The molecule has 1 N–H and O–H groups in total. The summed E-state index contributed by atoms with van der Waals surface area (Å²) < 4.78 is 0. The molecule has 0 spiro atoms. The predicted octanol–water partition coefficient (Wildman–Crippen LogP) is 3.07. The van der Waals surface area contributed by atoms with E-state index in [9.17, 15) is 9.59 Å². The van der Waals surface area contributed by atoms with Crippen LogP contribution in [0, 0.1) is 6.92 Å². The highest BCUT2D eigenvalue weighted by Gasteiger charge is 2.31. The van der Waals surface area contributed by atoms with Gasteiger partial charge in [-0.2, -0.15) is 0 Å². The molecular weight excluding hydrogens is 410 g/mol. The van der Waals surface area contributed by atoms with Gasteiger partial charge in [0.1, 0.15) is 5.82 Å². The Morgan fingerprint density at radius 1 is 1.26 bits per heavy atom. The van der Waals surface area contributed by atoms with E-state index in [4.69, 9.17) is 4.98 Å². The molecule has 7 nitrogen and oxygen atoms in total. The van der Waals surface area contributed by atoms with E-state index in [1.807, 2.05) is 0 Å². The van der Waals surface area contributed by atoms with Gasteiger partial charge in [-0.3, -0.25) is 19.5 Å². The van der Waals surface area contributed by atoms with Gasteiger partial charge in [-0.25, -0.2) is 4.98 Å². The zero-order valence-electron chi connectivity index (χ0n) is 17.5. The molecule has 8 heteroatoms. The number of carbonyl (C=O) groups excluding carboxylic acids is 1. The first-order chi connectivity index (χ1) is 15.1. The van der Waals surface area contributed by atoms with Crippen LogP contribution in [0.25, 0.3) is 0 Å². The number of pyridine rings is 1. The minimum Gasteiger partial charge on any atom is -0.332 e. The second-order valence-corrected chi connectivity index (χ2v) is 9.24. The highest BCUT2D eigenvalue weighted by molar-refractivity contribution is 7.10. The van der Waals surface area contributed by atoms with Crippen LogP contribution in [-0.4, -0.2) is 43.7 Å². The summed E-state index contributed by atoms with van der Waals surface area (Å²) in [5.41, 5.74) is 3.30. The number of amides is 1. The molecule has 1 atom stereocenters. The average Bonchev–Trinajstić information content (AvgIpc) is 3.42. The lowest BCUT2D eigenvalue weighted by Gasteiger charge is -2.29. The Hall–Kier alpha value is -2.84. The maximum atomic E-state index is 12.9. The van der Waals surface area contributed by atoms with E-state index in [2.05, 4.69) is 33.2 Å². The number of aryl methyl sites for hydroxylation is 1. The fourth-order valence-electron chi connectivity index (χ4n) is 4.54. The number of aromatic amines is 1. The van der Waals surface area contributed by atoms with Gasteiger partial charge in [0, 0.05) is 41.5 Å². The summed E-state index contributed by atoms with van der Waals surface area (Å²) in [4.78, 5) is 43.2. The van der Waals surface area contributed by atoms with E-state index in [-0.39, 0.29) is 17.5 Å². The lowest BCUT2D eigenvalue weighted by atomic mass is 10.0. The number of nitrogens with zero attached hydrogens (tertiary/aromatic N) is 4. The van der Waals surface area contributed by atoms with Crippen molar-refractivity contribution in [1.82, 2.24) is 24.8 Å². The summed E-state index contributed by atoms with van der Waals surface area (Å²) in [6.07, 6.45) is 5.83. The van der Waals surface area contributed by atoms with E-state index < -0.39 is 0 Å². The topological polar surface area (TPSA) is 82.2 Å². The van der Waals surface area contributed by atoms with Crippen LogP contribution in [0.2, 0.25) is 0 Å². The Morgan fingerprint density at radius 3 is 2.87 bits per heavy atom. The lowest BCUT2D eigenvalue weighted by Crippen LogP contribution is -2.40. The highest BCUT2D eigenvalue weighted by atomic mass is 32.1. The molecule has 2 aliphatic rings. The Balaban J connectivity index is 1.40. The molecule has 3 aromatic heterocycles. The maximum Gasteiger partial charge on any atom is 0.254 e. The van der Waals surface area contributed by atoms with Crippen molar-refractivity contribution in [3.8, 4) is 0 Å². The number of fused-ring (bicyclic) bond motifs is 1. The van der Waals surface area contributed by atoms with Gasteiger partial charge in [0.25, 0.3) is 11.5 Å². The van der Waals surface area contributed by atoms with Crippen molar-refractivity contribution < 1.29 is 4.79 Å². The quantitative estimate of drug-likeness (QED) is 0.681. The monoisotopic (exact) mass is 435 g/mol. The molecule has 5 heterocycles. The normalized spacial score (nSPS) is 18.9. The standard InChI is InChI=1S/C23H25N5O2S/c1-15-7-12-31-20(15)14-27-10-2-3-19(27)21-25-18-13-28(11-6-17(18)22(29)26-21)23(30)16-4-8-24-9-5-16/h4-5,7-9,12,19H,2-3,6,10-11,13-14H2,1H3,(H,25,26,29)/t19-/m1/s1. The summed E-state index contributed by atoms with van der Waals surface area (Å²) in [7, 11) is 0. The van der Waals surface area contributed by atoms with Crippen molar-refractivity contribution in [2.75, 3.05) is 13.1 Å². The van der Waals surface area contributed by atoms with Crippen LogP contribution in [0.15, 0.2) is 40.8 Å². The third-order valence-electron chi connectivity index (χ3n) is 6.30. The number of nitrogens with one attached hydrogen (secondary N) is 1. The van der Waals surface area contributed by atoms with E-state index in [0.717, 1.165) is 37.4 Å². The first-order valence-corrected chi connectivity index (χ1v) is 11.6. The molecule has 3 aromatic rings. The Morgan fingerprint density at radius 2 is 2.10 bits per heavy atom. The molecule has 0 aliphatic carbocycles. The maximum absolute atomic E-state index is 12.9. The summed E-state index contributed by atoms with van der Waals surface area (Å²) in [6, 6.07) is 5.69. The minimum atomic E-state index is -0.0600. The van der Waals surface area contributed by atoms with Gasteiger partial charge in [-0.1, -0.05) is 0 Å². The van der Waals surface area contributed by atoms with E-state index >= 15 is 0 Å². The molecule has 5 rings (SSSR count). The fourth-order valence-corrected chi connectivity index (χ4v) is 5.47. The molecule has 2 aliphatic heterocycles. The van der Waals surface area contributed by atoms with Crippen molar-refractivity contribution in [3.63, 3.8) is 0 Å². The Kier molecular flexibility index (Phi) is 5.41. The number of H-pyrrole nitrogens is 1. The number of rotatable bonds is 4. The SMILES string of the molecule is Cc1ccsc1CN1CCC[C@@H]1c1nc2c(c(=O)[nH]1)CCN(C(=O)c1ccncc1)C2. The zero-order chi connectivity index (χ0) is 21.4. The number of aromatic nitrogens is 3. The van der Waals surface area contributed by atoms with Gasteiger partial charge in [0.2, 0.25) is 0 Å². The van der Waals surface area contributed by atoms with Crippen LogP contribution < -0.4 is 5.56 Å². The largest absolute Gasteiger partial charge is 0.332 e. The van der Waals surface area contributed by atoms with E-state index in [0.29, 0.717) is 30.6 Å².